The van der Waals surface area contributed by atoms with Crippen molar-refractivity contribution >= 4 is 16.9 Å². The molecule has 34 heavy (non-hydrogen) atoms. The molecule has 0 saturated heterocycles. The van der Waals surface area contributed by atoms with Crippen LogP contribution in [-0.4, -0.2) is 11.3 Å². The van der Waals surface area contributed by atoms with Crippen LogP contribution in [0.3, 0.4) is 0 Å². The van der Waals surface area contributed by atoms with Crippen molar-refractivity contribution in [3.05, 3.63) is 75.5 Å². The molecule has 0 saturated carbocycles. The minimum absolute atomic E-state index is 0.130. The summed E-state index contributed by atoms with van der Waals surface area (Å²) < 4.78 is 2.30. The second-order valence-electron chi connectivity index (χ2n) is 13.6. The van der Waals surface area contributed by atoms with Crippen molar-refractivity contribution in [2.24, 2.45) is 0 Å². The van der Waals surface area contributed by atoms with Gasteiger partial charge in [-0.15, -0.1) is 0 Å². The topological polar surface area (TPSA) is 0 Å². The van der Waals surface area contributed by atoms with E-state index in [0.29, 0.717) is 3.63 Å². The summed E-state index contributed by atoms with van der Waals surface area (Å²) in [6.45, 7) is 26.3. The van der Waals surface area contributed by atoms with E-state index in [-0.39, 0.29) is 10.8 Å². The molecule has 179 valence electrons. The monoisotopic (exact) mass is 545 g/mol. The minimum atomic E-state index is -1.32. The zero-order valence-electron chi connectivity index (χ0n) is 23.3. The average Bonchev–Trinajstić information content (AvgIpc) is 3.30. The van der Waals surface area contributed by atoms with Gasteiger partial charge in [-0.3, -0.25) is 0 Å². The molecule has 0 fully saturated rings. The molecule has 0 aromatic heterocycles. The number of fused-ring (bicyclic) bond motifs is 3. The fourth-order valence-corrected chi connectivity index (χ4v) is 10.1. The van der Waals surface area contributed by atoms with Gasteiger partial charge in [-0.1, -0.05) is 0 Å². The van der Waals surface area contributed by atoms with Crippen molar-refractivity contribution in [1.82, 2.24) is 0 Å². The average molecular weight is 547 g/mol. The van der Waals surface area contributed by atoms with Gasteiger partial charge < -0.3 is 0 Å². The van der Waals surface area contributed by atoms with Crippen molar-refractivity contribution in [3.8, 4) is 11.1 Å². The van der Waals surface area contributed by atoms with E-state index in [1.54, 1.807) is 30.7 Å². The van der Waals surface area contributed by atoms with Gasteiger partial charge in [-0.05, 0) is 0 Å². The summed E-state index contributed by atoms with van der Waals surface area (Å²) in [5.74, 6) is 0. The first-order valence-electron chi connectivity index (χ1n) is 12.9. The summed E-state index contributed by atoms with van der Waals surface area (Å²) in [5.41, 5.74) is 12.6. The molecule has 2 heteroatoms. The molecule has 4 rings (SSSR count). The van der Waals surface area contributed by atoms with Crippen LogP contribution in [0.2, 0.25) is 19.6 Å². The molecule has 0 radical (unpaired) electrons. The maximum absolute atomic E-state index is 2.57. The van der Waals surface area contributed by atoms with Crippen LogP contribution in [0.15, 0.2) is 47.7 Å². The third-order valence-electron chi connectivity index (χ3n) is 7.37. The first-order valence-corrected chi connectivity index (χ1v) is 19.0. The molecule has 0 spiro atoms. The molecule has 2 aliphatic rings. The second kappa shape index (κ2) is 8.77. The van der Waals surface area contributed by atoms with Crippen LogP contribution in [0.4, 0.5) is 0 Å². The molecule has 1 unspecified atom stereocenters. The Morgan fingerprint density at radius 2 is 1.41 bits per heavy atom. The van der Waals surface area contributed by atoms with Crippen LogP contribution >= 0.6 is 0 Å². The SMILES string of the molecule is C[C](C)=[Zr][CH]1c2ccc(C(C)(C)C)cc2-c2cc(C(C)(C)C)cc(C3=CC([Si](C)(C)C)=CC3)c21. The van der Waals surface area contributed by atoms with Gasteiger partial charge in [-0.25, -0.2) is 0 Å². The second-order valence-corrected chi connectivity index (χ2v) is 23.3. The molecule has 2 aromatic carbocycles. The van der Waals surface area contributed by atoms with Crippen molar-refractivity contribution < 1.29 is 22.8 Å². The zero-order valence-corrected chi connectivity index (χ0v) is 26.8. The molecule has 0 nitrogen and oxygen atoms in total. The van der Waals surface area contributed by atoms with Crippen LogP contribution in [0.5, 0.6) is 0 Å². The van der Waals surface area contributed by atoms with Crippen LogP contribution in [-0.2, 0) is 33.6 Å². The Morgan fingerprint density at radius 1 is 0.824 bits per heavy atom. The van der Waals surface area contributed by atoms with E-state index in [2.05, 4.69) is 118 Å². The van der Waals surface area contributed by atoms with Gasteiger partial charge in [0.05, 0.1) is 0 Å². The number of allylic oxidation sites excluding steroid dienone is 4. The van der Waals surface area contributed by atoms with Crippen LogP contribution in [0, 0.1) is 0 Å². The Morgan fingerprint density at radius 3 is 1.94 bits per heavy atom. The molecule has 2 aliphatic carbocycles. The Kier molecular flexibility index (Phi) is 6.70. The summed E-state index contributed by atoms with van der Waals surface area (Å²) in [6.07, 6.45) is 6.20. The van der Waals surface area contributed by atoms with E-state index < -0.39 is 30.8 Å². The molecule has 0 aliphatic heterocycles. The predicted molar refractivity (Wildman–Crippen MR) is 151 cm³/mol. The maximum atomic E-state index is 2.57. The van der Waals surface area contributed by atoms with Crippen molar-refractivity contribution in [3.63, 3.8) is 0 Å². The van der Waals surface area contributed by atoms with Gasteiger partial charge >= 0.3 is 222 Å². The normalized spacial score (nSPS) is 17.7. The standard InChI is InChI=1S/C29H37Si.C3H6.Zr/c1-28(2,3)21-12-10-20-15-26-25(19-11-13-23(14-19)30(7,8)9)17-22(29(4,5)6)18-27(26)24(20)16-21;1-3-2;/h10,12-18H,11H2,1-9H3;1-2H3;. The number of hydrogen-bond acceptors (Lipinski definition) is 0. The van der Waals surface area contributed by atoms with Crippen LogP contribution < -0.4 is 0 Å². The van der Waals surface area contributed by atoms with E-state index in [4.69, 9.17) is 0 Å². The molecule has 0 bridgehead atoms. The van der Waals surface area contributed by atoms with E-state index in [0.717, 1.165) is 6.42 Å². The van der Waals surface area contributed by atoms with Gasteiger partial charge in [0.25, 0.3) is 0 Å². The Bertz CT molecular complexity index is 1230. The van der Waals surface area contributed by atoms with Crippen LogP contribution in [0.1, 0.15) is 93.3 Å². The first kappa shape index (κ1) is 26.0. The molecular formula is C32H43SiZr. The Balaban J connectivity index is 2.03. The van der Waals surface area contributed by atoms with Gasteiger partial charge in [0, 0.05) is 0 Å². The van der Waals surface area contributed by atoms with Gasteiger partial charge in [0.15, 0.2) is 0 Å². The molecule has 1 atom stereocenters. The molecule has 0 N–H and O–H groups in total. The predicted octanol–water partition coefficient (Wildman–Crippen LogP) is 9.24. The Labute approximate surface area is 221 Å². The molecular weight excluding hydrogens is 504 g/mol. The van der Waals surface area contributed by atoms with Crippen LogP contribution in [0.25, 0.3) is 16.7 Å². The number of rotatable bonds is 3. The number of hydrogen-bond donors (Lipinski definition) is 0. The Hall–Kier alpha value is -1.11. The van der Waals surface area contributed by atoms with Crippen molar-refractivity contribution in [2.45, 2.75) is 95.9 Å². The van der Waals surface area contributed by atoms with E-state index in [9.17, 15) is 0 Å². The summed E-state index contributed by atoms with van der Waals surface area (Å²) in [7, 11) is -1.32. The summed E-state index contributed by atoms with van der Waals surface area (Å²) in [5, 5.41) is 1.62. The summed E-state index contributed by atoms with van der Waals surface area (Å²) >= 11 is -0.736. The molecule has 2 aromatic rings. The number of benzene rings is 2. The van der Waals surface area contributed by atoms with E-state index >= 15 is 0 Å². The van der Waals surface area contributed by atoms with Gasteiger partial charge in [-0.2, -0.15) is 0 Å². The first-order chi connectivity index (χ1) is 15.6. The van der Waals surface area contributed by atoms with Gasteiger partial charge in [0.2, 0.25) is 0 Å². The fraction of sp³-hybridized carbons (Fsp3) is 0.469. The summed E-state index contributed by atoms with van der Waals surface area (Å²) in [4.78, 5) is 0. The summed E-state index contributed by atoms with van der Waals surface area (Å²) in [6, 6.07) is 12.5. The third-order valence-corrected chi connectivity index (χ3v) is 13.1. The fourth-order valence-electron chi connectivity index (χ4n) is 5.22. The zero-order chi connectivity index (χ0) is 25.2. The van der Waals surface area contributed by atoms with Gasteiger partial charge in [0.1, 0.15) is 0 Å². The quantitative estimate of drug-likeness (QED) is 0.337. The molecule has 0 heterocycles. The molecule has 0 amide bonds. The third kappa shape index (κ3) is 4.92. The van der Waals surface area contributed by atoms with E-state index in [1.807, 2.05) is 0 Å². The van der Waals surface area contributed by atoms with E-state index in [1.165, 1.54) is 22.3 Å². The van der Waals surface area contributed by atoms with Crippen molar-refractivity contribution in [1.29, 1.82) is 0 Å². The van der Waals surface area contributed by atoms with Crippen molar-refractivity contribution in [2.75, 3.05) is 0 Å².